The summed E-state index contributed by atoms with van der Waals surface area (Å²) in [6, 6.07) is 3.81. The third kappa shape index (κ3) is 4.63. The number of aromatic nitrogens is 5. The van der Waals surface area contributed by atoms with Crippen LogP contribution in [0.2, 0.25) is 0 Å². The molecule has 0 aliphatic rings. The van der Waals surface area contributed by atoms with Gasteiger partial charge in [-0.1, -0.05) is 5.21 Å². The van der Waals surface area contributed by atoms with Crippen LogP contribution in [-0.4, -0.2) is 42.3 Å². The molecule has 3 heterocycles. The number of nitrogens with zero attached hydrogens (tertiary/aromatic N) is 5. The number of pyridine rings is 2. The Kier molecular flexibility index (Phi) is 5.80. The third-order valence-corrected chi connectivity index (χ3v) is 3.86. The second kappa shape index (κ2) is 8.46. The lowest BCUT2D eigenvalue weighted by molar-refractivity contribution is 0.118. The van der Waals surface area contributed by atoms with Gasteiger partial charge in [0.15, 0.2) is 11.5 Å². The zero-order valence-electron chi connectivity index (χ0n) is 15.6. The molecule has 0 spiro atoms. The van der Waals surface area contributed by atoms with Crippen LogP contribution in [0, 0.1) is 11.8 Å². The fourth-order valence-electron chi connectivity index (χ4n) is 2.47. The predicted molar refractivity (Wildman–Crippen MR) is 98.6 cm³/mol. The van der Waals surface area contributed by atoms with Gasteiger partial charge >= 0.3 is 12.2 Å². The van der Waals surface area contributed by atoms with Crippen LogP contribution < -0.4 is 10.6 Å². The largest absolute Gasteiger partial charge is 0.465 e. The van der Waals surface area contributed by atoms with Crippen LogP contribution in [-0.2, 0) is 11.8 Å². The van der Waals surface area contributed by atoms with Crippen molar-refractivity contribution in [3.63, 3.8) is 0 Å². The van der Waals surface area contributed by atoms with Crippen molar-refractivity contribution in [3.8, 4) is 11.4 Å². The number of amides is 2. The van der Waals surface area contributed by atoms with E-state index >= 15 is 0 Å². The molecular formula is C17H15F2N7O4. The van der Waals surface area contributed by atoms with E-state index in [-0.39, 0.29) is 22.8 Å². The molecule has 13 heteroatoms. The fourth-order valence-corrected chi connectivity index (χ4v) is 2.47. The van der Waals surface area contributed by atoms with Crippen molar-refractivity contribution >= 4 is 23.7 Å². The van der Waals surface area contributed by atoms with E-state index < -0.39 is 30.1 Å². The van der Waals surface area contributed by atoms with E-state index in [2.05, 4.69) is 30.9 Å². The normalized spacial score (nSPS) is 11.6. The summed E-state index contributed by atoms with van der Waals surface area (Å²) in [5.41, 5.74) is 0.491. The van der Waals surface area contributed by atoms with E-state index in [1.807, 2.05) is 0 Å². The van der Waals surface area contributed by atoms with Crippen LogP contribution in [0.25, 0.3) is 11.4 Å². The highest BCUT2D eigenvalue weighted by Crippen LogP contribution is 2.25. The summed E-state index contributed by atoms with van der Waals surface area (Å²) in [5, 5.41) is 21.0. The molecule has 0 aliphatic carbocycles. The first-order chi connectivity index (χ1) is 14.2. The van der Waals surface area contributed by atoms with E-state index in [1.54, 1.807) is 0 Å². The molecule has 0 aromatic carbocycles. The Bertz CT molecular complexity index is 1090. The van der Waals surface area contributed by atoms with Crippen molar-refractivity contribution in [1.82, 2.24) is 25.0 Å². The summed E-state index contributed by atoms with van der Waals surface area (Å²) in [6.07, 6.45) is -1.36. The minimum Gasteiger partial charge on any atom is -0.465 e. The monoisotopic (exact) mass is 419 g/mol. The maximum Gasteiger partial charge on any atom is 0.413 e. The van der Waals surface area contributed by atoms with Crippen LogP contribution >= 0.6 is 0 Å². The van der Waals surface area contributed by atoms with Gasteiger partial charge in [0.2, 0.25) is 5.95 Å². The van der Waals surface area contributed by atoms with Gasteiger partial charge in [0.25, 0.3) is 0 Å². The highest BCUT2D eigenvalue weighted by atomic mass is 19.1. The minimum absolute atomic E-state index is 0.122. The van der Waals surface area contributed by atoms with Gasteiger partial charge in [-0.05, 0) is 25.1 Å². The number of aryl methyl sites for hydroxylation is 1. The molecule has 3 N–H and O–H groups in total. The van der Waals surface area contributed by atoms with Crippen molar-refractivity contribution in [2.45, 2.75) is 13.0 Å². The average Bonchev–Trinajstić information content (AvgIpc) is 3.04. The first-order valence-electron chi connectivity index (χ1n) is 8.39. The zero-order chi connectivity index (χ0) is 21.8. The lowest BCUT2D eigenvalue weighted by Crippen LogP contribution is -2.19. The lowest BCUT2D eigenvalue weighted by Gasteiger charge is -2.15. The van der Waals surface area contributed by atoms with Crippen LogP contribution in [0.5, 0.6) is 0 Å². The minimum atomic E-state index is -1.24. The molecule has 3 aromatic heterocycles. The van der Waals surface area contributed by atoms with Crippen molar-refractivity contribution < 1.29 is 28.2 Å². The SMILES string of the molecule is C[C@@H](OC(=O)Nc1c(-c2ccc(NC(=O)O)cn2)nnn1C)c1cc(F)cnc1F. The highest BCUT2D eigenvalue weighted by Gasteiger charge is 2.21. The molecule has 0 saturated heterocycles. The summed E-state index contributed by atoms with van der Waals surface area (Å²) in [5.74, 6) is -1.61. The van der Waals surface area contributed by atoms with Crippen molar-refractivity contribution in [2.24, 2.45) is 7.05 Å². The molecule has 0 bridgehead atoms. The van der Waals surface area contributed by atoms with E-state index in [0.717, 1.165) is 6.07 Å². The number of hydrogen-bond acceptors (Lipinski definition) is 7. The smallest absolute Gasteiger partial charge is 0.413 e. The zero-order valence-corrected chi connectivity index (χ0v) is 15.6. The summed E-state index contributed by atoms with van der Waals surface area (Å²) < 4.78 is 33.4. The van der Waals surface area contributed by atoms with Crippen molar-refractivity contribution in [3.05, 3.63) is 47.9 Å². The number of ether oxygens (including phenoxy) is 1. The predicted octanol–water partition coefficient (Wildman–Crippen LogP) is 2.95. The molecule has 0 aliphatic heterocycles. The topological polar surface area (TPSA) is 144 Å². The van der Waals surface area contributed by atoms with E-state index in [4.69, 9.17) is 9.84 Å². The maximum atomic E-state index is 13.7. The molecule has 2 amide bonds. The van der Waals surface area contributed by atoms with Crippen LogP contribution in [0.15, 0.2) is 30.6 Å². The maximum absolute atomic E-state index is 13.7. The molecule has 0 fully saturated rings. The molecule has 0 unspecified atom stereocenters. The van der Waals surface area contributed by atoms with E-state index in [9.17, 15) is 18.4 Å². The number of halogens is 2. The van der Waals surface area contributed by atoms with Crippen LogP contribution in [0.3, 0.4) is 0 Å². The first-order valence-corrected chi connectivity index (χ1v) is 8.39. The van der Waals surface area contributed by atoms with Gasteiger partial charge in [-0.15, -0.1) is 5.10 Å². The fraction of sp³-hybridized carbons (Fsp3) is 0.176. The Hall–Kier alpha value is -4.16. The van der Waals surface area contributed by atoms with Gasteiger partial charge in [0.05, 0.1) is 29.3 Å². The van der Waals surface area contributed by atoms with Gasteiger partial charge in [-0.25, -0.2) is 23.6 Å². The highest BCUT2D eigenvalue weighted by molar-refractivity contribution is 5.88. The Morgan fingerprint density at radius 1 is 1.20 bits per heavy atom. The second-order valence-electron chi connectivity index (χ2n) is 5.98. The number of anilines is 2. The lowest BCUT2D eigenvalue weighted by atomic mass is 10.2. The quantitative estimate of drug-likeness (QED) is 0.536. The molecule has 1 atom stereocenters. The average molecular weight is 419 g/mol. The molecule has 3 aromatic rings. The number of carbonyl (C=O) groups excluding carboxylic acids is 1. The summed E-state index contributed by atoms with van der Waals surface area (Å²) in [4.78, 5) is 30.3. The van der Waals surface area contributed by atoms with Crippen molar-refractivity contribution in [1.29, 1.82) is 0 Å². The van der Waals surface area contributed by atoms with Crippen molar-refractivity contribution in [2.75, 3.05) is 10.6 Å². The number of hydrogen-bond donors (Lipinski definition) is 3. The van der Waals surface area contributed by atoms with E-state index in [0.29, 0.717) is 11.9 Å². The molecule has 156 valence electrons. The first kappa shape index (κ1) is 20.6. The van der Waals surface area contributed by atoms with Gasteiger partial charge < -0.3 is 9.84 Å². The third-order valence-electron chi connectivity index (χ3n) is 3.86. The standard InChI is InChI=1S/C17H15F2N7O4/c1-8(11-5-9(18)6-21-14(11)19)30-17(29)23-15-13(24-25-26(15)2)12-4-3-10(7-20-12)22-16(27)28/h3-8,22H,1-2H3,(H,23,29)(H,27,28)/t8-/m1/s1. The van der Waals surface area contributed by atoms with Gasteiger partial charge in [0.1, 0.15) is 11.9 Å². The summed E-state index contributed by atoms with van der Waals surface area (Å²) >= 11 is 0. The Labute approximate surface area is 167 Å². The second-order valence-corrected chi connectivity index (χ2v) is 5.98. The number of nitrogens with one attached hydrogen (secondary N) is 2. The molecule has 0 saturated carbocycles. The number of carboxylic acid groups (broad SMARTS) is 1. The molecule has 0 radical (unpaired) electrons. The molecule has 3 rings (SSSR count). The van der Waals surface area contributed by atoms with Gasteiger partial charge in [-0.2, -0.15) is 4.39 Å². The summed E-state index contributed by atoms with van der Waals surface area (Å²) in [6.45, 7) is 1.36. The number of carbonyl (C=O) groups is 2. The van der Waals surface area contributed by atoms with Gasteiger partial charge in [0, 0.05) is 7.05 Å². The summed E-state index contributed by atoms with van der Waals surface area (Å²) in [7, 11) is 1.51. The Balaban J connectivity index is 1.75. The van der Waals surface area contributed by atoms with Gasteiger partial charge in [-0.3, -0.25) is 15.6 Å². The Morgan fingerprint density at radius 3 is 2.63 bits per heavy atom. The molecule has 30 heavy (non-hydrogen) atoms. The Morgan fingerprint density at radius 2 is 1.97 bits per heavy atom. The molecule has 11 nitrogen and oxygen atoms in total. The van der Waals surface area contributed by atoms with E-state index in [1.165, 1.54) is 37.0 Å². The van der Waals surface area contributed by atoms with Crippen LogP contribution in [0.4, 0.5) is 29.9 Å². The number of rotatable bonds is 5. The molecular weight excluding hydrogens is 404 g/mol. The van der Waals surface area contributed by atoms with Crippen LogP contribution in [0.1, 0.15) is 18.6 Å².